The van der Waals surface area contributed by atoms with E-state index in [1.807, 2.05) is 59.5 Å². The summed E-state index contributed by atoms with van der Waals surface area (Å²) in [5.41, 5.74) is 13.9. The number of nitrogens with zero attached hydrogens (tertiary/aromatic N) is 6. The van der Waals surface area contributed by atoms with E-state index in [0.717, 1.165) is 88.0 Å². The van der Waals surface area contributed by atoms with Gasteiger partial charge in [0, 0.05) is 93.1 Å². The second kappa shape index (κ2) is 25.3. The molecule has 16 aromatic carbocycles. The standard InChI is InChI=1S/C112H89BN6O2/c1-109(2,3)68-47-54-92-82(59-68)83-60-69(110(4,5)6)48-55-93(83)114(92)72-51-53-87-101(63-72)119(99-45-27-37-81-79-35-25-43-97(106(79)121-108(81)99)117-94-56-49-70(111(7,8)9)61-84(94)85-62-71(112(10,11)12)50-57-95(85)117)103-65-73(115-88-38-20-16-30-74(88)75-31-17-21-39-89(75)115)64-102-104(103)113(87)86-52-46-67(66-28-14-13-15-29-66)58-100(86)118(102)98-44-26-36-80-78-34-24-42-96(105(78)120-107(80)98)116-90-40-22-18-32-76(90)77-33-19-23-41-91(77)116/h13-65H,1-12H3/i13D,14D,15D,16D,17D,18D,19D,20D,21D,22D,23D,28D,29D,30D,31D,32D,33D,38D,39D,40D,41D. The Morgan fingerprint density at radius 3 is 0.967 bits per heavy atom. The molecule has 0 aliphatic carbocycles. The van der Waals surface area contributed by atoms with E-state index in [1.54, 1.807) is 36.4 Å². The van der Waals surface area contributed by atoms with Crippen LogP contribution in [0, 0.1) is 0 Å². The Balaban J connectivity index is 0.876. The molecule has 2 aliphatic heterocycles. The van der Waals surface area contributed by atoms with Gasteiger partial charge in [-0.2, -0.15) is 0 Å². The number of benzene rings is 16. The average Bonchev–Trinajstić information content (AvgIpc) is 0.720. The lowest BCUT2D eigenvalue weighted by Gasteiger charge is -2.44. The maximum Gasteiger partial charge on any atom is 0.252 e. The maximum atomic E-state index is 10.3. The molecule has 121 heavy (non-hydrogen) atoms. The summed E-state index contributed by atoms with van der Waals surface area (Å²) in [4.78, 5) is 4.07. The van der Waals surface area contributed by atoms with E-state index in [1.165, 1.54) is 9.13 Å². The molecule has 0 atom stereocenters. The lowest BCUT2D eigenvalue weighted by molar-refractivity contribution is 0.590. The average molecular weight is 1580 g/mol. The first kappa shape index (κ1) is 52.7. The van der Waals surface area contributed by atoms with E-state index in [9.17, 15) is 21.9 Å². The maximum absolute atomic E-state index is 10.3. The molecule has 0 amide bonds. The van der Waals surface area contributed by atoms with Crippen LogP contribution in [-0.4, -0.2) is 25.0 Å². The minimum Gasteiger partial charge on any atom is -0.452 e. The van der Waals surface area contributed by atoms with E-state index in [-0.39, 0.29) is 105 Å². The molecule has 22 aromatic rings. The molecule has 0 N–H and O–H groups in total. The molecule has 8 nitrogen and oxygen atoms in total. The van der Waals surface area contributed by atoms with Crippen LogP contribution in [0.3, 0.4) is 0 Å². The molecule has 0 saturated heterocycles. The van der Waals surface area contributed by atoms with E-state index in [2.05, 4.69) is 200 Å². The summed E-state index contributed by atoms with van der Waals surface area (Å²) in [7, 11) is 0. The van der Waals surface area contributed by atoms with Gasteiger partial charge >= 0.3 is 0 Å². The van der Waals surface area contributed by atoms with Crippen molar-refractivity contribution >= 4 is 188 Å². The molecule has 0 unspecified atom stereocenters. The number of hydrogen-bond acceptors (Lipinski definition) is 4. The van der Waals surface area contributed by atoms with Crippen LogP contribution in [0.25, 0.3) is 165 Å². The topological polar surface area (TPSA) is 52.5 Å². The zero-order valence-corrected chi connectivity index (χ0v) is 68.6. The quantitative estimate of drug-likeness (QED) is 0.149. The van der Waals surface area contributed by atoms with Gasteiger partial charge in [-0.3, -0.25) is 0 Å². The SMILES string of the molecule is [2H]c1c([2H])c([2H])c(-c2ccc3c(c2)N(c2cccc4c2oc2c(-n5c6c([2H])c([2H])c([2H])c([2H])c6c6c([2H])c([2H])c([2H])c([2H])c65)cccc24)c2cc(-n4c5c([2H])c([2H])c([2H])c([2H])c5c5c([2H])c([2H])c([2H])c([2H])c54)cc4c2B3c2ccc(-n3c5ccc(C(C)(C)C)cc5c5cc(C(C)(C)C)ccc53)cc2N4c2cccc3c2oc2c(-n4c5ccc(C(C)(C)C)cc5c5cc(C(C)(C)C)ccc54)cccc23)c([2H])c1[2H]. The summed E-state index contributed by atoms with van der Waals surface area (Å²) >= 11 is 0. The highest BCUT2D eigenvalue weighted by Gasteiger charge is 2.46. The van der Waals surface area contributed by atoms with Crippen LogP contribution >= 0.6 is 0 Å². The van der Waals surface area contributed by atoms with E-state index in [0.29, 0.717) is 66.8 Å². The second-order valence-electron chi connectivity index (χ2n) is 36.5. The van der Waals surface area contributed by atoms with Gasteiger partial charge in [0.2, 0.25) is 0 Å². The highest BCUT2D eigenvalue weighted by atomic mass is 16.3. The number of rotatable bonds is 7. The van der Waals surface area contributed by atoms with Crippen molar-refractivity contribution < 1.29 is 37.6 Å². The fraction of sp³-hybridized carbons (Fsp3) is 0.143. The molecule has 0 bridgehead atoms. The Morgan fingerprint density at radius 1 is 0.240 bits per heavy atom. The number of para-hydroxylation sites is 8. The van der Waals surface area contributed by atoms with Gasteiger partial charge in [-0.25, -0.2) is 0 Å². The van der Waals surface area contributed by atoms with Crippen molar-refractivity contribution in [3.05, 3.63) is 343 Å². The first-order valence-corrected chi connectivity index (χ1v) is 41.0. The van der Waals surface area contributed by atoms with Crippen molar-refractivity contribution in [3.8, 4) is 33.9 Å². The lowest BCUT2D eigenvalue weighted by atomic mass is 9.33. The second-order valence-corrected chi connectivity index (χ2v) is 36.5. The van der Waals surface area contributed by atoms with Crippen LogP contribution in [0.1, 0.15) is 134 Å². The first-order valence-electron chi connectivity index (χ1n) is 51.5. The van der Waals surface area contributed by atoms with Crippen LogP contribution in [-0.2, 0) is 21.7 Å². The molecule has 0 spiro atoms. The zero-order valence-electron chi connectivity index (χ0n) is 89.6. The van der Waals surface area contributed by atoms with Crippen LogP contribution < -0.4 is 26.2 Å². The van der Waals surface area contributed by atoms with Crippen molar-refractivity contribution in [2.45, 2.75) is 105 Å². The summed E-state index contributed by atoms with van der Waals surface area (Å²) in [6, 6.07) is 52.6. The van der Waals surface area contributed by atoms with Gasteiger partial charge in [-0.05, 0) is 199 Å². The Labute approximate surface area is 732 Å². The van der Waals surface area contributed by atoms with Gasteiger partial charge in [0.15, 0.2) is 22.3 Å². The van der Waals surface area contributed by atoms with Crippen molar-refractivity contribution in [3.63, 3.8) is 0 Å². The largest absolute Gasteiger partial charge is 0.452 e. The van der Waals surface area contributed by atoms with E-state index in [4.69, 9.17) is 15.7 Å². The monoisotopic (exact) mass is 1580 g/mol. The zero-order chi connectivity index (χ0) is 100. The highest BCUT2D eigenvalue weighted by Crippen LogP contribution is 2.54. The summed E-state index contributed by atoms with van der Waals surface area (Å²) in [6.07, 6.45) is 0. The van der Waals surface area contributed by atoms with Gasteiger partial charge in [-0.15, -0.1) is 0 Å². The predicted octanol–water partition coefficient (Wildman–Crippen LogP) is 28.8. The van der Waals surface area contributed by atoms with Gasteiger partial charge in [0.05, 0.1) is 101 Å². The van der Waals surface area contributed by atoms with Crippen LogP contribution in [0.2, 0.25) is 0 Å². The van der Waals surface area contributed by atoms with Crippen LogP contribution in [0.15, 0.2) is 330 Å². The molecule has 24 rings (SSSR count). The Hall–Kier alpha value is -14.0. The molecule has 582 valence electrons. The van der Waals surface area contributed by atoms with Crippen molar-refractivity contribution in [1.82, 2.24) is 18.3 Å². The number of furan rings is 2. The summed E-state index contributed by atoms with van der Waals surface area (Å²) < 4.78 is 223. The molecule has 9 heteroatoms. The minimum atomic E-state index is -0.917. The first-order chi connectivity index (χ1) is 67.3. The van der Waals surface area contributed by atoms with E-state index < -0.39 is 134 Å². The number of anilines is 6. The molecule has 6 aromatic heterocycles. The minimum absolute atomic E-state index is 0.0870. The van der Waals surface area contributed by atoms with Gasteiger partial charge in [-0.1, -0.05) is 277 Å². The molecule has 0 saturated carbocycles. The number of aromatic nitrogens is 4. The van der Waals surface area contributed by atoms with Crippen molar-refractivity contribution in [2.75, 3.05) is 9.80 Å². The van der Waals surface area contributed by atoms with Gasteiger partial charge < -0.3 is 36.9 Å². The Kier molecular flexibility index (Phi) is 11.0. The van der Waals surface area contributed by atoms with Crippen molar-refractivity contribution in [1.29, 1.82) is 0 Å². The van der Waals surface area contributed by atoms with Crippen molar-refractivity contribution in [2.24, 2.45) is 0 Å². The Morgan fingerprint density at radius 2 is 0.562 bits per heavy atom. The third-order valence-electron chi connectivity index (χ3n) is 25.3. The molecule has 0 fully saturated rings. The normalized spacial score (nSPS) is 15.8. The number of fused-ring (bicyclic) bond motifs is 22. The van der Waals surface area contributed by atoms with Crippen LogP contribution in [0.4, 0.5) is 34.1 Å². The predicted molar refractivity (Wildman–Crippen MR) is 513 cm³/mol. The van der Waals surface area contributed by atoms with Gasteiger partial charge in [0.1, 0.15) is 0 Å². The summed E-state index contributed by atoms with van der Waals surface area (Å²) in [5.74, 6) is 0. The Bertz CT molecular complexity index is 9280. The van der Waals surface area contributed by atoms with Gasteiger partial charge in [0.25, 0.3) is 6.71 Å². The molecule has 0 radical (unpaired) electrons. The molecular formula is C112H89BN6O2. The fourth-order valence-electron chi connectivity index (χ4n) is 19.4. The van der Waals surface area contributed by atoms with E-state index >= 15 is 0 Å². The molecular weight excluding hydrogens is 1470 g/mol. The number of hydrogen-bond donors (Lipinski definition) is 0. The molecule has 2 aliphatic rings. The third-order valence-corrected chi connectivity index (χ3v) is 25.3. The fourth-order valence-corrected chi connectivity index (χ4v) is 19.4. The summed E-state index contributed by atoms with van der Waals surface area (Å²) in [5, 5.41) is 5.80. The smallest absolute Gasteiger partial charge is 0.252 e. The van der Waals surface area contributed by atoms with Crippen LogP contribution in [0.5, 0.6) is 0 Å². The lowest BCUT2D eigenvalue weighted by Crippen LogP contribution is -2.61. The highest BCUT2D eigenvalue weighted by molar-refractivity contribution is 7.00. The summed E-state index contributed by atoms with van der Waals surface area (Å²) in [6.45, 7) is 25.6. The molecule has 8 heterocycles. The third kappa shape index (κ3) is 10.4.